The van der Waals surface area contributed by atoms with Crippen molar-refractivity contribution in [2.75, 3.05) is 25.2 Å². The summed E-state index contributed by atoms with van der Waals surface area (Å²) in [7, 11) is 2.00. The number of thioether (sulfide) groups is 1. The fraction of sp³-hybridized carbons (Fsp3) is 0.625. The minimum absolute atomic E-state index is 0.0798. The molecule has 2 heterocycles. The molecule has 0 bridgehead atoms. The van der Waals surface area contributed by atoms with Gasteiger partial charge in [-0.25, -0.2) is 0 Å². The largest absolute Gasteiger partial charge is 0.374 e. The zero-order valence-corrected chi connectivity index (χ0v) is 14.5. The molecule has 0 amide bonds. The standard InChI is InChI=1S/C16H21Cl2NOS/c1-19-15(14-12(17)3-2-4-13(14)18)11-5-7-20-16(9-11)6-8-21-10-16/h2-4,11,15,19H,5-10H2,1H3. The number of hydrogen-bond acceptors (Lipinski definition) is 3. The normalized spacial score (nSPS) is 30.7. The molecule has 5 heteroatoms. The number of benzene rings is 1. The van der Waals surface area contributed by atoms with Crippen molar-refractivity contribution in [2.24, 2.45) is 5.92 Å². The number of ether oxygens (including phenoxy) is 1. The molecule has 2 aliphatic rings. The van der Waals surface area contributed by atoms with Gasteiger partial charge in [0.15, 0.2) is 0 Å². The summed E-state index contributed by atoms with van der Waals surface area (Å²) in [6, 6.07) is 5.94. The molecule has 2 aliphatic heterocycles. The molecule has 2 nitrogen and oxygen atoms in total. The lowest BCUT2D eigenvalue weighted by molar-refractivity contribution is -0.0850. The smallest absolute Gasteiger partial charge is 0.0783 e. The summed E-state index contributed by atoms with van der Waals surface area (Å²) in [5.41, 5.74) is 1.12. The Labute approximate surface area is 140 Å². The number of nitrogens with one attached hydrogen (secondary N) is 1. The summed E-state index contributed by atoms with van der Waals surface area (Å²) in [5, 5.41) is 4.95. The predicted octanol–water partition coefficient (Wildman–Crippen LogP) is 4.56. The monoisotopic (exact) mass is 345 g/mol. The van der Waals surface area contributed by atoms with Crippen LogP contribution in [0.3, 0.4) is 0 Å². The predicted molar refractivity (Wildman–Crippen MR) is 91.6 cm³/mol. The first-order chi connectivity index (χ1) is 10.2. The summed E-state index contributed by atoms with van der Waals surface area (Å²) in [6.45, 7) is 0.839. The quantitative estimate of drug-likeness (QED) is 0.867. The van der Waals surface area contributed by atoms with Gasteiger partial charge in [-0.2, -0.15) is 11.8 Å². The fourth-order valence-electron chi connectivity index (χ4n) is 3.64. The van der Waals surface area contributed by atoms with E-state index in [1.807, 2.05) is 37.0 Å². The van der Waals surface area contributed by atoms with Crippen LogP contribution in [-0.2, 0) is 4.74 Å². The van der Waals surface area contributed by atoms with E-state index < -0.39 is 0 Å². The van der Waals surface area contributed by atoms with Gasteiger partial charge in [0.05, 0.1) is 5.60 Å². The Kier molecular flexibility index (Phi) is 5.07. The molecule has 0 aromatic heterocycles. The van der Waals surface area contributed by atoms with Crippen molar-refractivity contribution in [3.05, 3.63) is 33.8 Å². The van der Waals surface area contributed by atoms with E-state index in [1.165, 1.54) is 12.2 Å². The van der Waals surface area contributed by atoms with E-state index in [2.05, 4.69) is 5.32 Å². The topological polar surface area (TPSA) is 21.3 Å². The highest BCUT2D eigenvalue weighted by molar-refractivity contribution is 7.99. The third-order valence-electron chi connectivity index (χ3n) is 4.69. The molecule has 3 unspecified atom stereocenters. The third-order valence-corrected chi connectivity index (χ3v) is 6.57. The lowest BCUT2D eigenvalue weighted by atomic mass is 9.79. The second-order valence-electron chi connectivity index (χ2n) is 5.99. The van der Waals surface area contributed by atoms with Crippen LogP contribution in [-0.4, -0.2) is 30.8 Å². The van der Waals surface area contributed by atoms with Gasteiger partial charge >= 0.3 is 0 Å². The van der Waals surface area contributed by atoms with E-state index >= 15 is 0 Å². The molecule has 1 aromatic carbocycles. The number of rotatable bonds is 3. The van der Waals surface area contributed by atoms with Crippen LogP contribution in [0, 0.1) is 5.92 Å². The third kappa shape index (κ3) is 3.23. The average Bonchev–Trinajstić information content (AvgIpc) is 2.91. The summed E-state index contributed by atoms with van der Waals surface area (Å²) < 4.78 is 6.13. The van der Waals surface area contributed by atoms with Gasteiger partial charge < -0.3 is 10.1 Å². The summed E-state index contributed by atoms with van der Waals surface area (Å²) in [4.78, 5) is 0. The highest BCUT2D eigenvalue weighted by Gasteiger charge is 2.43. The van der Waals surface area contributed by atoms with Gasteiger partial charge in [-0.15, -0.1) is 0 Å². The number of halogens is 2. The second-order valence-corrected chi connectivity index (χ2v) is 7.91. The first-order valence-electron chi connectivity index (χ1n) is 7.48. The van der Waals surface area contributed by atoms with E-state index in [4.69, 9.17) is 27.9 Å². The van der Waals surface area contributed by atoms with Gasteiger partial charge in [-0.1, -0.05) is 29.3 Å². The van der Waals surface area contributed by atoms with Crippen LogP contribution in [0.15, 0.2) is 18.2 Å². The Morgan fingerprint density at radius 3 is 2.76 bits per heavy atom. The molecule has 1 spiro atoms. The Morgan fingerprint density at radius 1 is 1.38 bits per heavy atom. The second kappa shape index (κ2) is 6.67. The van der Waals surface area contributed by atoms with Gasteiger partial charge in [-0.05, 0) is 50.1 Å². The number of hydrogen-bond donors (Lipinski definition) is 1. The van der Waals surface area contributed by atoms with E-state index in [9.17, 15) is 0 Å². The first-order valence-corrected chi connectivity index (χ1v) is 9.39. The van der Waals surface area contributed by atoms with Crippen molar-refractivity contribution in [2.45, 2.75) is 30.9 Å². The molecule has 116 valence electrons. The zero-order chi connectivity index (χ0) is 14.9. The maximum atomic E-state index is 6.41. The van der Waals surface area contributed by atoms with Gasteiger partial charge in [0, 0.05) is 34.0 Å². The van der Waals surface area contributed by atoms with Gasteiger partial charge in [0.25, 0.3) is 0 Å². The van der Waals surface area contributed by atoms with Crippen LogP contribution in [0.1, 0.15) is 30.9 Å². The van der Waals surface area contributed by atoms with Crippen molar-refractivity contribution in [3.63, 3.8) is 0 Å². The Bertz CT molecular complexity index is 485. The Hall–Kier alpha value is 0.0700. The molecule has 0 saturated carbocycles. The van der Waals surface area contributed by atoms with Crippen molar-refractivity contribution >= 4 is 35.0 Å². The molecule has 2 saturated heterocycles. The van der Waals surface area contributed by atoms with Crippen molar-refractivity contribution in [1.29, 1.82) is 0 Å². The van der Waals surface area contributed by atoms with Crippen LogP contribution in [0.2, 0.25) is 10.0 Å². The lowest BCUT2D eigenvalue weighted by Gasteiger charge is -2.41. The summed E-state index contributed by atoms with van der Waals surface area (Å²) in [5.74, 6) is 2.85. The summed E-state index contributed by atoms with van der Waals surface area (Å²) >= 11 is 14.8. The van der Waals surface area contributed by atoms with E-state index in [1.54, 1.807) is 0 Å². The maximum Gasteiger partial charge on any atom is 0.0783 e. The minimum atomic E-state index is 0.0798. The zero-order valence-electron chi connectivity index (χ0n) is 12.2. The van der Waals surface area contributed by atoms with Crippen molar-refractivity contribution in [1.82, 2.24) is 5.32 Å². The van der Waals surface area contributed by atoms with Gasteiger partial charge in [0.1, 0.15) is 0 Å². The molecule has 0 radical (unpaired) electrons. The summed E-state index contributed by atoms with van der Waals surface area (Å²) in [6.07, 6.45) is 3.31. The molecule has 21 heavy (non-hydrogen) atoms. The van der Waals surface area contributed by atoms with E-state index in [0.29, 0.717) is 5.92 Å². The van der Waals surface area contributed by atoms with Crippen LogP contribution >= 0.6 is 35.0 Å². The molecule has 1 N–H and O–H groups in total. The molecular formula is C16H21Cl2NOS. The van der Waals surface area contributed by atoms with Crippen molar-refractivity contribution in [3.8, 4) is 0 Å². The van der Waals surface area contributed by atoms with E-state index in [0.717, 1.165) is 40.8 Å². The lowest BCUT2D eigenvalue weighted by Crippen LogP contribution is -2.43. The Balaban J connectivity index is 1.86. The molecule has 0 aliphatic carbocycles. The average molecular weight is 346 g/mol. The fourth-order valence-corrected chi connectivity index (χ4v) is 5.65. The molecule has 2 fully saturated rings. The van der Waals surface area contributed by atoms with Crippen LogP contribution < -0.4 is 5.32 Å². The Morgan fingerprint density at radius 2 is 2.14 bits per heavy atom. The highest BCUT2D eigenvalue weighted by Crippen LogP contribution is 2.45. The van der Waals surface area contributed by atoms with E-state index in [-0.39, 0.29) is 11.6 Å². The SMILES string of the molecule is CNC(c1c(Cl)cccc1Cl)C1CCOC2(CCSC2)C1. The minimum Gasteiger partial charge on any atom is -0.374 e. The molecule has 1 aromatic rings. The molecular weight excluding hydrogens is 325 g/mol. The van der Waals surface area contributed by atoms with Crippen LogP contribution in [0.25, 0.3) is 0 Å². The van der Waals surface area contributed by atoms with Crippen molar-refractivity contribution < 1.29 is 4.74 Å². The van der Waals surface area contributed by atoms with Gasteiger partial charge in [-0.3, -0.25) is 0 Å². The van der Waals surface area contributed by atoms with Gasteiger partial charge in [0.2, 0.25) is 0 Å². The first kappa shape index (κ1) is 15.9. The molecule has 3 rings (SSSR count). The van der Waals surface area contributed by atoms with Crippen LogP contribution in [0.5, 0.6) is 0 Å². The van der Waals surface area contributed by atoms with Crippen LogP contribution in [0.4, 0.5) is 0 Å². The molecule has 3 atom stereocenters. The highest BCUT2D eigenvalue weighted by atomic mass is 35.5. The maximum absolute atomic E-state index is 6.41.